The minimum Gasteiger partial charge on any atom is -0.444 e. The van der Waals surface area contributed by atoms with E-state index in [2.05, 4.69) is 21.9 Å². The van der Waals surface area contributed by atoms with E-state index < -0.39 is 17.7 Å². The first-order valence-corrected chi connectivity index (χ1v) is 11.3. The third-order valence-electron chi connectivity index (χ3n) is 5.20. The van der Waals surface area contributed by atoms with Crippen LogP contribution in [0.3, 0.4) is 0 Å². The number of nitrogens with one attached hydrogen (secondary N) is 1. The number of rotatable bonds is 6. The fraction of sp³-hybridized carbons (Fsp3) is 0.652. The fourth-order valence-corrected chi connectivity index (χ4v) is 3.48. The van der Waals surface area contributed by atoms with E-state index in [1.807, 2.05) is 44.3 Å². The molecule has 1 fully saturated rings. The summed E-state index contributed by atoms with van der Waals surface area (Å²) in [5.74, 6) is -1.92. The molecule has 1 heterocycles. The molecule has 1 aliphatic rings. The van der Waals surface area contributed by atoms with Crippen molar-refractivity contribution in [1.29, 1.82) is 0 Å². The molecule has 2 amide bonds. The lowest BCUT2D eigenvalue weighted by atomic mass is 10.2. The number of nitrogens with zero attached hydrogens (tertiary/aromatic N) is 3. The van der Waals surface area contributed by atoms with Gasteiger partial charge in [0.25, 0.3) is 0 Å². The molecule has 1 aromatic carbocycles. The van der Waals surface area contributed by atoms with Crippen LogP contribution in [0.25, 0.3) is 0 Å². The molecule has 1 saturated heterocycles. The highest BCUT2D eigenvalue weighted by Crippen LogP contribution is 2.14. The smallest absolute Gasteiger partial charge is 0.444 e. The molecule has 186 valence electrons. The summed E-state index contributed by atoms with van der Waals surface area (Å²) >= 11 is 0. The Morgan fingerprint density at radius 3 is 2.12 bits per heavy atom. The van der Waals surface area contributed by atoms with Crippen LogP contribution in [0.4, 0.5) is 18.0 Å². The number of carbonyl (C=O) groups excluding carboxylic acids is 2. The summed E-state index contributed by atoms with van der Waals surface area (Å²) in [4.78, 5) is 29.8. The Morgan fingerprint density at radius 1 is 0.939 bits per heavy atom. The summed E-state index contributed by atoms with van der Waals surface area (Å²) in [6, 6.07) is 10.0. The predicted octanol–water partition coefficient (Wildman–Crippen LogP) is 3.11. The number of benzene rings is 1. The van der Waals surface area contributed by atoms with Crippen LogP contribution in [-0.4, -0.2) is 90.8 Å². The molecular formula is C23H35F3N4O3. The quantitative estimate of drug-likeness (QED) is 0.645. The lowest BCUT2D eigenvalue weighted by Crippen LogP contribution is -2.43. The lowest BCUT2D eigenvalue weighted by molar-refractivity contribution is -0.173. The molecule has 0 radical (unpaired) electrons. The molecule has 0 aliphatic carbocycles. The maximum atomic E-state index is 12.7. The van der Waals surface area contributed by atoms with Crippen LogP contribution >= 0.6 is 0 Å². The van der Waals surface area contributed by atoms with Gasteiger partial charge in [-0.2, -0.15) is 13.2 Å². The number of alkyl halides is 3. The van der Waals surface area contributed by atoms with E-state index >= 15 is 0 Å². The van der Waals surface area contributed by atoms with Gasteiger partial charge in [0.15, 0.2) is 0 Å². The molecule has 10 heteroatoms. The zero-order chi connectivity index (χ0) is 24.5. The second-order valence-corrected chi connectivity index (χ2v) is 9.18. The maximum absolute atomic E-state index is 12.7. The van der Waals surface area contributed by atoms with Gasteiger partial charge in [-0.3, -0.25) is 9.69 Å². The summed E-state index contributed by atoms with van der Waals surface area (Å²) in [5.41, 5.74) is 0.567. The molecule has 2 rings (SSSR count). The van der Waals surface area contributed by atoms with E-state index in [0.717, 1.165) is 13.1 Å². The zero-order valence-electron chi connectivity index (χ0n) is 19.7. The van der Waals surface area contributed by atoms with Crippen LogP contribution < -0.4 is 5.32 Å². The van der Waals surface area contributed by atoms with Gasteiger partial charge in [0, 0.05) is 52.4 Å². The van der Waals surface area contributed by atoms with E-state index in [0.29, 0.717) is 45.7 Å². The number of amides is 2. The van der Waals surface area contributed by atoms with Crippen molar-refractivity contribution >= 4 is 12.0 Å². The number of hydrogen-bond acceptors (Lipinski definition) is 5. The van der Waals surface area contributed by atoms with Gasteiger partial charge in [-0.1, -0.05) is 30.3 Å². The van der Waals surface area contributed by atoms with Crippen LogP contribution in [-0.2, 0) is 16.1 Å². The average molecular weight is 473 g/mol. The van der Waals surface area contributed by atoms with E-state index in [-0.39, 0.29) is 12.6 Å². The van der Waals surface area contributed by atoms with Crippen molar-refractivity contribution < 1.29 is 27.5 Å². The Labute approximate surface area is 193 Å². The van der Waals surface area contributed by atoms with Crippen molar-refractivity contribution in [2.75, 3.05) is 52.4 Å². The van der Waals surface area contributed by atoms with Gasteiger partial charge >= 0.3 is 18.2 Å². The molecule has 7 nitrogen and oxygen atoms in total. The molecular weight excluding hydrogens is 437 g/mol. The summed E-state index contributed by atoms with van der Waals surface area (Å²) in [7, 11) is 0. The highest BCUT2D eigenvalue weighted by atomic mass is 19.4. The first-order chi connectivity index (χ1) is 15.4. The normalized spacial score (nSPS) is 17.1. The maximum Gasteiger partial charge on any atom is 0.471 e. The summed E-state index contributed by atoms with van der Waals surface area (Å²) in [6.07, 6.45) is -4.86. The van der Waals surface area contributed by atoms with Gasteiger partial charge in [0.05, 0.1) is 0 Å². The molecule has 0 spiro atoms. The molecule has 33 heavy (non-hydrogen) atoms. The molecule has 0 saturated carbocycles. The lowest BCUT2D eigenvalue weighted by Gasteiger charge is -2.29. The van der Waals surface area contributed by atoms with E-state index in [1.54, 1.807) is 4.90 Å². The minimum atomic E-state index is -4.87. The van der Waals surface area contributed by atoms with E-state index in [4.69, 9.17) is 4.74 Å². The molecule has 0 aromatic heterocycles. The van der Waals surface area contributed by atoms with E-state index in [9.17, 15) is 22.8 Å². The number of ether oxygens (including phenoxy) is 1. The Hall–Kier alpha value is -2.33. The summed E-state index contributed by atoms with van der Waals surface area (Å²) in [6.45, 7) is 10.4. The van der Waals surface area contributed by atoms with Gasteiger partial charge in [0.1, 0.15) is 5.60 Å². The number of carbonyl (C=O) groups is 2. The Bertz CT molecular complexity index is 754. The average Bonchev–Trinajstić information content (AvgIpc) is 2.81. The van der Waals surface area contributed by atoms with Crippen LogP contribution in [0.5, 0.6) is 0 Å². The molecule has 0 atom stereocenters. The highest BCUT2D eigenvalue weighted by molar-refractivity contribution is 5.81. The topological polar surface area (TPSA) is 65.1 Å². The molecule has 0 bridgehead atoms. The van der Waals surface area contributed by atoms with Gasteiger partial charge in [-0.15, -0.1) is 0 Å². The van der Waals surface area contributed by atoms with Crippen molar-refractivity contribution in [2.24, 2.45) is 0 Å². The van der Waals surface area contributed by atoms with E-state index in [1.165, 1.54) is 5.56 Å². The Morgan fingerprint density at radius 2 is 1.52 bits per heavy atom. The first-order valence-electron chi connectivity index (χ1n) is 11.3. The van der Waals surface area contributed by atoms with Crippen molar-refractivity contribution in [1.82, 2.24) is 20.0 Å². The highest BCUT2D eigenvalue weighted by Gasteiger charge is 2.38. The third-order valence-corrected chi connectivity index (χ3v) is 5.20. The van der Waals surface area contributed by atoms with Crippen LogP contribution in [0.2, 0.25) is 0 Å². The SMILES string of the molecule is CC(C)(C)OC(=O)N1CCN(CCCNC(=O)C(F)(F)F)CCN(Cc2ccccc2)CC1. The summed E-state index contributed by atoms with van der Waals surface area (Å²) in [5, 5.41) is 1.91. The van der Waals surface area contributed by atoms with Gasteiger partial charge < -0.3 is 19.9 Å². The van der Waals surface area contributed by atoms with Crippen molar-refractivity contribution in [3.63, 3.8) is 0 Å². The Kier molecular flexibility index (Phi) is 9.97. The standard InChI is InChI=1S/C23H35F3N4O3/c1-22(2,3)33-21(32)30-16-14-28(11-7-10-27-20(31)23(24,25)26)12-13-29(15-17-30)18-19-8-5-4-6-9-19/h4-6,8-9H,7,10-18H2,1-3H3,(H,27,31). The minimum absolute atomic E-state index is 0.0572. The molecule has 0 unspecified atom stereocenters. The fourth-order valence-electron chi connectivity index (χ4n) is 3.48. The van der Waals surface area contributed by atoms with Gasteiger partial charge in [-0.25, -0.2) is 4.79 Å². The molecule has 1 N–H and O–H groups in total. The second-order valence-electron chi connectivity index (χ2n) is 9.18. The zero-order valence-corrected chi connectivity index (χ0v) is 19.7. The molecule has 1 aromatic rings. The van der Waals surface area contributed by atoms with Crippen molar-refractivity contribution in [3.8, 4) is 0 Å². The predicted molar refractivity (Wildman–Crippen MR) is 120 cm³/mol. The second kappa shape index (κ2) is 12.2. The van der Waals surface area contributed by atoms with Crippen LogP contribution in [0.1, 0.15) is 32.8 Å². The number of halogens is 3. The number of hydrogen-bond donors (Lipinski definition) is 1. The Balaban J connectivity index is 1.99. The summed E-state index contributed by atoms with van der Waals surface area (Å²) < 4.78 is 42.6. The molecule has 1 aliphatic heterocycles. The van der Waals surface area contributed by atoms with Crippen molar-refractivity contribution in [2.45, 2.75) is 45.5 Å². The van der Waals surface area contributed by atoms with Gasteiger partial charge in [-0.05, 0) is 39.3 Å². The van der Waals surface area contributed by atoms with Crippen LogP contribution in [0.15, 0.2) is 30.3 Å². The third kappa shape index (κ3) is 10.4. The largest absolute Gasteiger partial charge is 0.471 e. The van der Waals surface area contributed by atoms with Crippen LogP contribution in [0, 0.1) is 0 Å². The monoisotopic (exact) mass is 472 g/mol. The first kappa shape index (κ1) is 26.9. The van der Waals surface area contributed by atoms with Gasteiger partial charge in [0.2, 0.25) is 0 Å². The van der Waals surface area contributed by atoms with Crippen molar-refractivity contribution in [3.05, 3.63) is 35.9 Å².